The smallest absolute Gasteiger partial charge is 0.406 e. The van der Waals surface area contributed by atoms with E-state index in [2.05, 4.69) is 14.8 Å². The Kier molecular flexibility index (Phi) is 4.89. The van der Waals surface area contributed by atoms with Crippen LogP contribution in [0.5, 0.6) is 5.75 Å². The van der Waals surface area contributed by atoms with Gasteiger partial charge in [0.25, 0.3) is 5.56 Å². The number of aromatic nitrogens is 2. The first-order valence-electron chi connectivity index (χ1n) is 7.95. The molecule has 11 heteroatoms. The summed E-state index contributed by atoms with van der Waals surface area (Å²) in [5.74, 6) is -0.425. The molecule has 0 bridgehead atoms. The van der Waals surface area contributed by atoms with Gasteiger partial charge in [0.15, 0.2) is 9.84 Å². The fraction of sp³-hybridized carbons (Fsp3) is 0.375. The van der Waals surface area contributed by atoms with Crippen LogP contribution in [0.3, 0.4) is 0 Å². The Morgan fingerprint density at radius 1 is 1.30 bits per heavy atom. The number of aliphatic imine (C=N–C) groups is 1. The molecule has 0 amide bonds. The van der Waals surface area contributed by atoms with Crippen LogP contribution in [-0.2, 0) is 9.84 Å². The average molecular weight is 403 g/mol. The molecule has 7 nitrogen and oxygen atoms in total. The van der Waals surface area contributed by atoms with E-state index in [-0.39, 0.29) is 22.8 Å². The van der Waals surface area contributed by atoms with Crippen molar-refractivity contribution in [2.75, 3.05) is 11.5 Å². The molecule has 1 fully saturated rings. The molecule has 0 unspecified atom stereocenters. The van der Waals surface area contributed by atoms with E-state index in [9.17, 15) is 26.4 Å². The molecule has 1 aliphatic heterocycles. The number of hydrogen-bond acceptors (Lipinski definition) is 5. The summed E-state index contributed by atoms with van der Waals surface area (Å²) < 4.78 is 64.7. The number of aromatic amines is 1. The number of benzene rings is 1. The van der Waals surface area contributed by atoms with Crippen LogP contribution in [0.4, 0.5) is 18.9 Å². The van der Waals surface area contributed by atoms with Gasteiger partial charge in [-0.05, 0) is 37.6 Å². The summed E-state index contributed by atoms with van der Waals surface area (Å²) in [5.41, 5.74) is 0.717. The van der Waals surface area contributed by atoms with E-state index in [0.29, 0.717) is 17.8 Å². The van der Waals surface area contributed by atoms with Crippen molar-refractivity contribution in [1.29, 1.82) is 0 Å². The summed E-state index contributed by atoms with van der Waals surface area (Å²) in [4.78, 5) is 16.6. The average Bonchev–Trinajstić information content (AvgIpc) is 3.05. The van der Waals surface area contributed by atoms with Crippen LogP contribution < -0.4 is 10.3 Å². The second-order valence-corrected chi connectivity index (χ2v) is 8.41. The molecular formula is C16H16F3N3O4S. The number of sulfone groups is 1. The van der Waals surface area contributed by atoms with Crippen molar-refractivity contribution in [3.05, 3.63) is 45.9 Å². The standard InChI is InChI=1S/C16H16F3N3O4S/c1-10-14(15(23)22(21-10)12-6-7-27(24,25)9-12)8-20-11-2-4-13(5-3-11)26-16(17,18)19/h2-5,8,12,21H,6-7,9H2,1H3/t12-/m1/s1. The maximum Gasteiger partial charge on any atom is 0.573 e. The zero-order chi connectivity index (χ0) is 19.8. The molecule has 0 aliphatic carbocycles. The van der Waals surface area contributed by atoms with Gasteiger partial charge < -0.3 is 4.74 Å². The van der Waals surface area contributed by atoms with Crippen LogP contribution in [0.25, 0.3) is 0 Å². The van der Waals surface area contributed by atoms with E-state index < -0.39 is 27.8 Å². The molecule has 1 N–H and O–H groups in total. The highest BCUT2D eigenvalue weighted by Gasteiger charge is 2.32. The molecule has 0 saturated carbocycles. The van der Waals surface area contributed by atoms with E-state index in [4.69, 9.17) is 0 Å². The first kappa shape index (κ1) is 19.2. The van der Waals surface area contributed by atoms with Gasteiger partial charge in [-0.3, -0.25) is 14.9 Å². The van der Waals surface area contributed by atoms with Gasteiger partial charge in [0.2, 0.25) is 0 Å². The number of alkyl halides is 3. The summed E-state index contributed by atoms with van der Waals surface area (Å²) >= 11 is 0. The van der Waals surface area contributed by atoms with Crippen molar-refractivity contribution >= 4 is 21.7 Å². The molecule has 2 heterocycles. The van der Waals surface area contributed by atoms with Gasteiger partial charge in [-0.2, -0.15) is 0 Å². The van der Waals surface area contributed by atoms with Gasteiger partial charge in [0.05, 0.1) is 28.8 Å². The van der Waals surface area contributed by atoms with Gasteiger partial charge in [0.1, 0.15) is 5.75 Å². The van der Waals surface area contributed by atoms with Crippen LogP contribution in [0.1, 0.15) is 23.7 Å². The number of hydrogen-bond donors (Lipinski definition) is 1. The van der Waals surface area contributed by atoms with Gasteiger partial charge in [-0.15, -0.1) is 13.2 Å². The minimum absolute atomic E-state index is 0.0396. The van der Waals surface area contributed by atoms with Crippen LogP contribution in [0, 0.1) is 6.92 Å². The van der Waals surface area contributed by atoms with Gasteiger partial charge in [-0.1, -0.05) is 0 Å². The lowest BCUT2D eigenvalue weighted by atomic mass is 10.2. The Labute approximate surface area is 152 Å². The molecule has 3 rings (SSSR count). The minimum atomic E-state index is -4.77. The van der Waals surface area contributed by atoms with Crippen LogP contribution >= 0.6 is 0 Å². The molecule has 0 radical (unpaired) electrons. The monoisotopic (exact) mass is 403 g/mol. The normalized spacial score (nSPS) is 19.6. The summed E-state index contributed by atoms with van der Waals surface area (Å²) in [7, 11) is -3.14. The number of H-pyrrole nitrogens is 1. The quantitative estimate of drug-likeness (QED) is 0.794. The van der Waals surface area contributed by atoms with Crippen LogP contribution in [-0.4, -0.2) is 42.3 Å². The van der Waals surface area contributed by atoms with Gasteiger partial charge >= 0.3 is 6.36 Å². The maximum atomic E-state index is 12.5. The van der Waals surface area contributed by atoms with E-state index >= 15 is 0 Å². The van der Waals surface area contributed by atoms with E-state index in [1.54, 1.807) is 6.92 Å². The third-order valence-corrected chi connectivity index (χ3v) is 5.88. The highest BCUT2D eigenvalue weighted by atomic mass is 32.2. The predicted octanol–water partition coefficient (Wildman–Crippen LogP) is 2.49. The van der Waals surface area contributed by atoms with Crippen molar-refractivity contribution < 1.29 is 26.3 Å². The first-order valence-corrected chi connectivity index (χ1v) is 9.78. The number of aryl methyl sites for hydroxylation is 1. The fourth-order valence-electron chi connectivity index (χ4n) is 2.84. The van der Waals surface area contributed by atoms with Crippen molar-refractivity contribution in [2.45, 2.75) is 25.7 Å². The van der Waals surface area contributed by atoms with E-state index in [1.165, 1.54) is 23.0 Å². The second-order valence-electron chi connectivity index (χ2n) is 6.18. The second kappa shape index (κ2) is 6.87. The number of rotatable bonds is 4. The van der Waals surface area contributed by atoms with E-state index in [0.717, 1.165) is 12.1 Å². The van der Waals surface area contributed by atoms with Crippen LogP contribution in [0.2, 0.25) is 0 Å². The third kappa shape index (κ3) is 4.59. The number of nitrogens with zero attached hydrogens (tertiary/aromatic N) is 2. The van der Waals surface area contributed by atoms with Crippen molar-refractivity contribution in [2.24, 2.45) is 4.99 Å². The third-order valence-electron chi connectivity index (χ3n) is 4.13. The number of ether oxygens (including phenoxy) is 1. The number of halogens is 3. The van der Waals surface area contributed by atoms with Crippen molar-refractivity contribution in [3.8, 4) is 5.75 Å². The van der Waals surface area contributed by atoms with Crippen molar-refractivity contribution in [3.63, 3.8) is 0 Å². The van der Waals surface area contributed by atoms with Crippen molar-refractivity contribution in [1.82, 2.24) is 9.78 Å². The largest absolute Gasteiger partial charge is 0.573 e. The Morgan fingerprint density at radius 3 is 2.52 bits per heavy atom. The Balaban J connectivity index is 1.79. The SMILES string of the molecule is Cc1[nH]n([C@@H]2CCS(=O)(=O)C2)c(=O)c1C=Nc1ccc(OC(F)(F)F)cc1. The van der Waals surface area contributed by atoms with Crippen LogP contribution in [0.15, 0.2) is 34.1 Å². The Hall–Kier alpha value is -2.56. The van der Waals surface area contributed by atoms with Gasteiger partial charge in [0, 0.05) is 11.9 Å². The minimum Gasteiger partial charge on any atom is -0.406 e. The predicted molar refractivity (Wildman–Crippen MR) is 92.5 cm³/mol. The topological polar surface area (TPSA) is 93.5 Å². The lowest BCUT2D eigenvalue weighted by molar-refractivity contribution is -0.274. The fourth-order valence-corrected chi connectivity index (χ4v) is 4.54. The molecule has 1 aliphatic rings. The summed E-state index contributed by atoms with van der Waals surface area (Å²) in [6, 6.07) is 4.43. The zero-order valence-corrected chi connectivity index (χ0v) is 15.0. The van der Waals surface area contributed by atoms with Gasteiger partial charge in [-0.25, -0.2) is 13.1 Å². The molecule has 146 valence electrons. The molecular weight excluding hydrogens is 387 g/mol. The first-order chi connectivity index (χ1) is 12.5. The van der Waals surface area contributed by atoms with E-state index in [1.807, 2.05) is 0 Å². The molecule has 1 aromatic carbocycles. The highest BCUT2D eigenvalue weighted by Crippen LogP contribution is 2.25. The molecule has 1 saturated heterocycles. The summed E-state index contributed by atoms with van der Waals surface area (Å²) in [5, 5.41) is 2.87. The molecule has 0 spiro atoms. The molecule has 1 atom stereocenters. The Morgan fingerprint density at radius 2 is 1.96 bits per heavy atom. The highest BCUT2D eigenvalue weighted by molar-refractivity contribution is 7.91. The Bertz CT molecular complexity index is 1020. The summed E-state index contributed by atoms with van der Waals surface area (Å²) in [6.45, 7) is 1.66. The lowest BCUT2D eigenvalue weighted by Crippen LogP contribution is -2.25. The summed E-state index contributed by atoms with van der Waals surface area (Å²) in [6.07, 6.45) is -3.11. The number of nitrogens with one attached hydrogen (secondary N) is 1. The molecule has 27 heavy (non-hydrogen) atoms. The molecule has 1 aromatic heterocycles. The molecule has 2 aromatic rings. The maximum absolute atomic E-state index is 12.5. The lowest BCUT2D eigenvalue weighted by Gasteiger charge is -2.08. The zero-order valence-electron chi connectivity index (χ0n) is 14.2.